The van der Waals surface area contributed by atoms with Gasteiger partial charge in [-0.15, -0.1) is 0 Å². The Morgan fingerprint density at radius 3 is 2.18 bits per heavy atom. The van der Waals surface area contributed by atoms with Crippen LogP contribution >= 0.6 is 0 Å². The van der Waals surface area contributed by atoms with E-state index in [4.69, 9.17) is 9.47 Å². The van der Waals surface area contributed by atoms with Crippen molar-refractivity contribution < 1.29 is 29.0 Å². The zero-order valence-corrected chi connectivity index (χ0v) is 19.6. The standard InChI is InChI=1S/C26H32N2O6/c1-26(17-33-2,24(30)31)28-23(29)14-4-3-9-15-27-25(32)34-16-22-20-12-7-5-10-18(20)19-11-6-8-13-21(19)22/h5-8,10-13,22H,3-4,9,14-17H2,1-2H3,(H,27,32)(H,28,29)(H,30,31). The van der Waals surface area contributed by atoms with Crippen molar-refractivity contribution in [1.29, 1.82) is 0 Å². The van der Waals surface area contributed by atoms with Crippen LogP contribution in [0.2, 0.25) is 0 Å². The highest BCUT2D eigenvalue weighted by atomic mass is 16.5. The number of alkyl carbamates (subject to hydrolysis) is 1. The highest BCUT2D eigenvalue weighted by Crippen LogP contribution is 2.44. The summed E-state index contributed by atoms with van der Waals surface area (Å²) in [6, 6.07) is 16.4. The second-order valence-electron chi connectivity index (χ2n) is 8.68. The molecule has 0 saturated heterocycles. The number of amides is 2. The Morgan fingerprint density at radius 1 is 0.971 bits per heavy atom. The zero-order chi connectivity index (χ0) is 24.6. The van der Waals surface area contributed by atoms with Gasteiger partial charge in [0.2, 0.25) is 5.91 Å². The molecule has 0 aromatic heterocycles. The molecule has 2 amide bonds. The Labute approximate surface area is 199 Å². The number of fused-ring (bicyclic) bond motifs is 3. The van der Waals surface area contributed by atoms with E-state index in [1.807, 2.05) is 24.3 Å². The number of aliphatic carboxylic acids is 1. The lowest BCUT2D eigenvalue weighted by Crippen LogP contribution is -2.55. The van der Waals surface area contributed by atoms with Crippen LogP contribution in [0.5, 0.6) is 0 Å². The molecular weight excluding hydrogens is 436 g/mol. The lowest BCUT2D eigenvalue weighted by atomic mass is 9.98. The summed E-state index contributed by atoms with van der Waals surface area (Å²) < 4.78 is 10.4. The first-order chi connectivity index (χ1) is 16.4. The van der Waals surface area contributed by atoms with Gasteiger partial charge in [0.1, 0.15) is 6.61 Å². The van der Waals surface area contributed by atoms with E-state index in [0.29, 0.717) is 25.8 Å². The predicted molar refractivity (Wildman–Crippen MR) is 128 cm³/mol. The van der Waals surface area contributed by atoms with Crippen LogP contribution in [0.3, 0.4) is 0 Å². The number of ether oxygens (including phenoxy) is 2. The first kappa shape index (κ1) is 25.2. The van der Waals surface area contributed by atoms with Crippen LogP contribution in [0.4, 0.5) is 4.79 Å². The zero-order valence-electron chi connectivity index (χ0n) is 19.6. The van der Waals surface area contributed by atoms with Crippen molar-refractivity contribution in [3.8, 4) is 11.1 Å². The van der Waals surface area contributed by atoms with Gasteiger partial charge in [-0.05, 0) is 42.0 Å². The Balaban J connectivity index is 1.35. The first-order valence-electron chi connectivity index (χ1n) is 11.5. The van der Waals surface area contributed by atoms with E-state index in [1.165, 1.54) is 36.3 Å². The van der Waals surface area contributed by atoms with Crippen molar-refractivity contribution in [2.24, 2.45) is 0 Å². The number of carboxylic acid groups (broad SMARTS) is 1. The van der Waals surface area contributed by atoms with Crippen molar-refractivity contribution in [2.75, 3.05) is 26.9 Å². The fourth-order valence-electron chi connectivity index (χ4n) is 4.24. The molecule has 1 unspecified atom stereocenters. The summed E-state index contributed by atoms with van der Waals surface area (Å²) in [5.41, 5.74) is 3.25. The Bertz CT molecular complexity index is 978. The van der Waals surface area contributed by atoms with E-state index in [9.17, 15) is 19.5 Å². The van der Waals surface area contributed by atoms with Gasteiger partial charge in [-0.3, -0.25) is 4.79 Å². The third-order valence-electron chi connectivity index (χ3n) is 6.01. The third kappa shape index (κ3) is 6.14. The van der Waals surface area contributed by atoms with Crippen LogP contribution in [-0.4, -0.2) is 55.5 Å². The molecule has 0 bridgehead atoms. The summed E-state index contributed by atoms with van der Waals surface area (Å²) in [5, 5.41) is 14.5. The van der Waals surface area contributed by atoms with E-state index in [-0.39, 0.29) is 31.5 Å². The summed E-state index contributed by atoms with van der Waals surface area (Å²) in [4.78, 5) is 35.6. The second-order valence-corrected chi connectivity index (χ2v) is 8.68. The number of carbonyl (C=O) groups excluding carboxylic acids is 2. The summed E-state index contributed by atoms with van der Waals surface area (Å²) in [6.45, 7) is 2.01. The summed E-state index contributed by atoms with van der Waals surface area (Å²) in [5.74, 6) is -1.47. The van der Waals surface area contributed by atoms with Crippen LogP contribution in [-0.2, 0) is 19.1 Å². The second kappa shape index (κ2) is 11.7. The molecular formula is C26H32N2O6. The molecule has 0 saturated carbocycles. The number of rotatable bonds is 12. The van der Waals surface area contributed by atoms with Crippen molar-refractivity contribution in [3.05, 3.63) is 59.7 Å². The van der Waals surface area contributed by atoms with Crippen LogP contribution in [0, 0.1) is 0 Å². The molecule has 8 heteroatoms. The molecule has 0 aliphatic heterocycles. The van der Waals surface area contributed by atoms with Gasteiger partial charge in [-0.25, -0.2) is 9.59 Å². The van der Waals surface area contributed by atoms with Gasteiger partial charge in [-0.2, -0.15) is 0 Å². The molecule has 0 radical (unpaired) electrons. The maximum Gasteiger partial charge on any atom is 0.407 e. The average molecular weight is 469 g/mol. The quantitative estimate of drug-likeness (QED) is 0.410. The van der Waals surface area contributed by atoms with Gasteiger partial charge in [0.15, 0.2) is 5.54 Å². The molecule has 0 heterocycles. The van der Waals surface area contributed by atoms with Gasteiger partial charge in [-0.1, -0.05) is 55.0 Å². The number of methoxy groups -OCH3 is 1. The summed E-state index contributed by atoms with van der Waals surface area (Å²) >= 11 is 0. The van der Waals surface area contributed by atoms with E-state index < -0.39 is 17.6 Å². The lowest BCUT2D eigenvalue weighted by Gasteiger charge is -2.25. The number of carbonyl (C=O) groups is 3. The summed E-state index contributed by atoms with van der Waals surface area (Å²) in [6.07, 6.45) is 1.73. The van der Waals surface area contributed by atoms with Crippen LogP contribution in [0.15, 0.2) is 48.5 Å². The molecule has 2 aromatic rings. The van der Waals surface area contributed by atoms with Gasteiger partial charge >= 0.3 is 12.1 Å². The molecule has 0 fully saturated rings. The van der Waals surface area contributed by atoms with Gasteiger partial charge in [0.25, 0.3) is 0 Å². The normalized spacial score (nSPS) is 13.9. The highest BCUT2D eigenvalue weighted by Gasteiger charge is 2.34. The summed E-state index contributed by atoms with van der Waals surface area (Å²) in [7, 11) is 1.39. The molecule has 3 rings (SSSR count). The van der Waals surface area contributed by atoms with Crippen molar-refractivity contribution in [3.63, 3.8) is 0 Å². The Morgan fingerprint density at radius 2 is 1.59 bits per heavy atom. The molecule has 1 aliphatic carbocycles. The Kier molecular flexibility index (Phi) is 8.65. The van der Waals surface area contributed by atoms with Crippen molar-refractivity contribution in [1.82, 2.24) is 10.6 Å². The average Bonchev–Trinajstić information content (AvgIpc) is 3.13. The van der Waals surface area contributed by atoms with Gasteiger partial charge in [0.05, 0.1) is 6.61 Å². The molecule has 0 spiro atoms. The van der Waals surface area contributed by atoms with Crippen LogP contribution in [0.1, 0.15) is 49.7 Å². The van der Waals surface area contributed by atoms with Crippen molar-refractivity contribution >= 4 is 18.0 Å². The Hall–Kier alpha value is -3.39. The smallest absolute Gasteiger partial charge is 0.407 e. The monoisotopic (exact) mass is 468 g/mol. The lowest BCUT2D eigenvalue weighted by molar-refractivity contribution is -0.149. The van der Waals surface area contributed by atoms with E-state index in [0.717, 1.165) is 0 Å². The van der Waals surface area contributed by atoms with Crippen LogP contribution < -0.4 is 10.6 Å². The third-order valence-corrected chi connectivity index (χ3v) is 6.01. The number of hydrogen-bond acceptors (Lipinski definition) is 5. The molecule has 1 aliphatic rings. The van der Waals surface area contributed by atoms with E-state index in [1.54, 1.807) is 0 Å². The van der Waals surface area contributed by atoms with E-state index >= 15 is 0 Å². The number of carboxylic acids is 1. The maximum absolute atomic E-state index is 12.2. The fourth-order valence-corrected chi connectivity index (χ4v) is 4.24. The highest BCUT2D eigenvalue weighted by molar-refractivity contribution is 5.86. The molecule has 8 nitrogen and oxygen atoms in total. The molecule has 1 atom stereocenters. The minimum atomic E-state index is -1.45. The fraction of sp³-hybridized carbons (Fsp3) is 0.423. The SMILES string of the molecule is COCC(C)(NC(=O)CCCCCNC(=O)OCC1c2ccccc2-c2ccccc21)C(=O)O. The van der Waals surface area contributed by atoms with E-state index in [2.05, 4.69) is 34.9 Å². The molecule has 2 aromatic carbocycles. The first-order valence-corrected chi connectivity index (χ1v) is 11.5. The largest absolute Gasteiger partial charge is 0.479 e. The number of hydrogen-bond donors (Lipinski definition) is 3. The van der Waals surface area contributed by atoms with Gasteiger partial charge in [0, 0.05) is 26.0 Å². The van der Waals surface area contributed by atoms with Crippen molar-refractivity contribution in [2.45, 2.75) is 44.1 Å². The molecule has 182 valence electrons. The maximum atomic E-state index is 12.2. The number of nitrogens with one attached hydrogen (secondary N) is 2. The minimum Gasteiger partial charge on any atom is -0.479 e. The number of benzene rings is 2. The molecule has 3 N–H and O–H groups in total. The topological polar surface area (TPSA) is 114 Å². The predicted octanol–water partition coefficient (Wildman–Crippen LogP) is 3.69. The van der Waals surface area contributed by atoms with Gasteiger partial charge < -0.3 is 25.2 Å². The van der Waals surface area contributed by atoms with Crippen LogP contribution in [0.25, 0.3) is 11.1 Å². The molecule has 34 heavy (non-hydrogen) atoms. The minimum absolute atomic E-state index is 0.0197. The number of unbranched alkanes of at least 4 members (excludes halogenated alkanes) is 2.